The molecule has 2 atom stereocenters. The zero-order valence-electron chi connectivity index (χ0n) is 14.5. The fourth-order valence-electron chi connectivity index (χ4n) is 1.89. The molecular weight excluding hydrogens is 340 g/mol. The highest BCUT2D eigenvalue weighted by Gasteiger charge is 2.09. The van der Waals surface area contributed by atoms with E-state index in [1.807, 2.05) is 81.6 Å². The summed E-state index contributed by atoms with van der Waals surface area (Å²) in [4.78, 5) is 0. The van der Waals surface area contributed by atoms with Crippen LogP contribution in [0, 0.1) is 0 Å². The molecule has 0 saturated carbocycles. The number of benzene rings is 2. The molecule has 0 aliphatic carbocycles. The van der Waals surface area contributed by atoms with Gasteiger partial charge in [0, 0.05) is 29.9 Å². The van der Waals surface area contributed by atoms with Crippen LogP contribution in [0.25, 0.3) is 0 Å². The lowest BCUT2D eigenvalue weighted by Gasteiger charge is -2.17. The van der Waals surface area contributed by atoms with Crippen LogP contribution in [0.4, 0.5) is 11.4 Å². The molecule has 24 heavy (non-hydrogen) atoms. The molecule has 0 heterocycles. The summed E-state index contributed by atoms with van der Waals surface area (Å²) in [7, 11) is -0.445. The maximum absolute atomic E-state index is 12.2. The highest BCUT2D eigenvalue weighted by molar-refractivity contribution is 7.87. The molecular formula is C18H26N2O2S2. The number of para-hydroxylation sites is 2. The van der Waals surface area contributed by atoms with Crippen LogP contribution >= 0.6 is 0 Å². The number of hydrogen-bond acceptors (Lipinski definition) is 2. The zero-order chi connectivity index (χ0) is 17.8. The predicted octanol–water partition coefficient (Wildman–Crippen LogP) is 3.98. The van der Waals surface area contributed by atoms with Crippen molar-refractivity contribution < 1.29 is 8.42 Å². The van der Waals surface area contributed by atoms with Gasteiger partial charge in [-0.2, -0.15) is 0 Å². The minimum Gasteiger partial charge on any atom is -0.305 e. The number of hydrogen-bond donors (Lipinski definition) is 1. The van der Waals surface area contributed by atoms with Crippen molar-refractivity contribution >= 4 is 33.3 Å². The summed E-state index contributed by atoms with van der Waals surface area (Å²) in [5.74, 6) is 0.969. The monoisotopic (exact) mass is 366 g/mol. The number of anilines is 2. The predicted molar refractivity (Wildman–Crippen MR) is 107 cm³/mol. The third-order valence-electron chi connectivity index (χ3n) is 3.08. The smallest absolute Gasteiger partial charge is 0.119 e. The zero-order valence-corrected chi connectivity index (χ0v) is 16.1. The van der Waals surface area contributed by atoms with E-state index in [1.165, 1.54) is 0 Å². The molecule has 2 aromatic carbocycles. The van der Waals surface area contributed by atoms with Crippen molar-refractivity contribution in [2.45, 2.75) is 20.3 Å². The maximum Gasteiger partial charge on any atom is 0.119 e. The first-order valence-electron chi connectivity index (χ1n) is 8.04. The van der Waals surface area contributed by atoms with E-state index < -0.39 is 22.0 Å². The van der Waals surface area contributed by atoms with Gasteiger partial charge in [-0.15, -0.1) is 0 Å². The molecule has 4 nitrogen and oxygen atoms in total. The third kappa shape index (κ3) is 7.27. The molecule has 2 aromatic rings. The summed E-state index contributed by atoms with van der Waals surface area (Å²) in [6, 6.07) is 19.1. The van der Waals surface area contributed by atoms with Crippen molar-refractivity contribution in [1.29, 1.82) is 0 Å². The standard InChI is InChI=1S/C16H20N2O2S2.C2H6/c1-18(16-11-6-3-7-12-16)22(20)14-8-13-21(19)17-15-9-4-2-5-10-15;1-2/h2-7,9-12,17H,8,13-14H2,1H3;1-2H3. The molecule has 0 fully saturated rings. The summed E-state index contributed by atoms with van der Waals surface area (Å²) >= 11 is 0. The van der Waals surface area contributed by atoms with Crippen molar-refractivity contribution in [1.82, 2.24) is 0 Å². The summed E-state index contributed by atoms with van der Waals surface area (Å²) < 4.78 is 28.8. The van der Waals surface area contributed by atoms with E-state index in [0.29, 0.717) is 17.9 Å². The highest BCUT2D eigenvalue weighted by Crippen LogP contribution is 2.13. The Labute approximate surface area is 150 Å². The Hall–Kier alpha value is -1.66. The molecule has 2 rings (SSSR count). The maximum atomic E-state index is 12.2. The van der Waals surface area contributed by atoms with Crippen molar-refractivity contribution in [2.75, 3.05) is 27.6 Å². The summed E-state index contributed by atoms with van der Waals surface area (Å²) in [6.45, 7) is 4.00. The van der Waals surface area contributed by atoms with Crippen LogP contribution in [0.3, 0.4) is 0 Å². The highest BCUT2D eigenvalue weighted by atomic mass is 32.2. The molecule has 0 radical (unpaired) electrons. The summed E-state index contributed by atoms with van der Waals surface area (Å²) in [5.41, 5.74) is 1.76. The third-order valence-corrected chi connectivity index (χ3v) is 5.66. The van der Waals surface area contributed by atoms with Crippen LogP contribution in [0.15, 0.2) is 60.7 Å². The van der Waals surface area contributed by atoms with Gasteiger partial charge in [0.2, 0.25) is 0 Å². The van der Waals surface area contributed by atoms with Crippen LogP contribution in [-0.4, -0.2) is 27.0 Å². The van der Waals surface area contributed by atoms with E-state index in [1.54, 1.807) is 4.31 Å². The Morgan fingerprint density at radius 2 is 1.42 bits per heavy atom. The molecule has 0 aliphatic rings. The first-order chi connectivity index (χ1) is 11.7. The second-order valence-electron chi connectivity index (χ2n) is 4.73. The molecule has 132 valence electrons. The molecule has 0 bridgehead atoms. The molecule has 1 N–H and O–H groups in total. The van der Waals surface area contributed by atoms with Gasteiger partial charge in [0.15, 0.2) is 0 Å². The lowest BCUT2D eigenvalue weighted by atomic mass is 10.3. The molecule has 0 aromatic heterocycles. The Morgan fingerprint density at radius 3 is 2.00 bits per heavy atom. The molecule has 6 heteroatoms. The Morgan fingerprint density at radius 1 is 0.875 bits per heavy atom. The van der Waals surface area contributed by atoms with E-state index >= 15 is 0 Å². The van der Waals surface area contributed by atoms with E-state index in [0.717, 1.165) is 11.4 Å². The van der Waals surface area contributed by atoms with E-state index in [-0.39, 0.29) is 0 Å². The molecule has 0 aliphatic heterocycles. The fraction of sp³-hybridized carbons (Fsp3) is 0.333. The average Bonchev–Trinajstić information content (AvgIpc) is 2.64. The van der Waals surface area contributed by atoms with Gasteiger partial charge in [-0.25, -0.2) is 8.42 Å². The number of rotatable bonds is 8. The Balaban J connectivity index is 0.00000139. The van der Waals surface area contributed by atoms with Gasteiger partial charge in [-0.3, -0.25) is 4.31 Å². The first kappa shape index (κ1) is 20.4. The first-order valence-corrected chi connectivity index (χ1v) is 10.6. The van der Waals surface area contributed by atoms with E-state index in [9.17, 15) is 8.42 Å². The van der Waals surface area contributed by atoms with Crippen molar-refractivity contribution in [3.63, 3.8) is 0 Å². The Bertz CT molecular complexity index is 621. The van der Waals surface area contributed by atoms with Crippen molar-refractivity contribution in [3.8, 4) is 0 Å². The minimum atomic E-state index is -1.15. The second-order valence-corrected chi connectivity index (χ2v) is 7.63. The van der Waals surface area contributed by atoms with Gasteiger partial charge in [-0.1, -0.05) is 50.2 Å². The lowest BCUT2D eigenvalue weighted by Crippen LogP contribution is -2.23. The van der Waals surface area contributed by atoms with Crippen LogP contribution in [0.5, 0.6) is 0 Å². The largest absolute Gasteiger partial charge is 0.305 e. The molecule has 0 spiro atoms. The Kier molecular flexibility index (Phi) is 10.0. The number of nitrogens with zero attached hydrogens (tertiary/aromatic N) is 1. The van der Waals surface area contributed by atoms with Crippen LogP contribution in [0.2, 0.25) is 0 Å². The van der Waals surface area contributed by atoms with Gasteiger partial charge in [-0.05, 0) is 30.7 Å². The molecule has 0 amide bonds. The van der Waals surface area contributed by atoms with Crippen LogP contribution in [0.1, 0.15) is 20.3 Å². The lowest BCUT2D eigenvalue weighted by molar-refractivity contribution is 0.678. The quantitative estimate of drug-likeness (QED) is 0.768. The average molecular weight is 367 g/mol. The van der Waals surface area contributed by atoms with Crippen molar-refractivity contribution in [3.05, 3.63) is 60.7 Å². The second kappa shape index (κ2) is 11.8. The molecule has 0 saturated heterocycles. The van der Waals surface area contributed by atoms with Gasteiger partial charge in [0.05, 0.1) is 0 Å². The summed E-state index contributed by atoms with van der Waals surface area (Å²) in [6.07, 6.45) is 0.635. The molecule has 2 unspecified atom stereocenters. The SMILES string of the molecule is CC.CN(c1ccccc1)S(=O)CCCS(=O)Nc1ccccc1. The van der Waals surface area contributed by atoms with Crippen molar-refractivity contribution in [2.24, 2.45) is 0 Å². The minimum absolute atomic E-state index is 0.475. The van der Waals surface area contributed by atoms with Crippen LogP contribution in [-0.2, 0) is 22.0 Å². The summed E-state index contributed by atoms with van der Waals surface area (Å²) in [5, 5.41) is 0. The van der Waals surface area contributed by atoms with E-state index in [2.05, 4.69) is 4.72 Å². The topological polar surface area (TPSA) is 49.4 Å². The van der Waals surface area contributed by atoms with Crippen LogP contribution < -0.4 is 9.03 Å². The van der Waals surface area contributed by atoms with Gasteiger partial charge in [0.1, 0.15) is 22.0 Å². The van der Waals surface area contributed by atoms with Gasteiger partial charge >= 0.3 is 0 Å². The van der Waals surface area contributed by atoms with Gasteiger partial charge in [0.25, 0.3) is 0 Å². The van der Waals surface area contributed by atoms with E-state index in [4.69, 9.17) is 0 Å². The number of nitrogens with one attached hydrogen (secondary N) is 1. The normalized spacial score (nSPS) is 12.5. The fourth-order valence-corrected chi connectivity index (χ4v) is 4.01. The van der Waals surface area contributed by atoms with Gasteiger partial charge < -0.3 is 4.72 Å².